The Balaban J connectivity index is 2.17. The van der Waals surface area contributed by atoms with Gasteiger partial charge in [-0.05, 0) is 43.4 Å². The van der Waals surface area contributed by atoms with Gasteiger partial charge in [0.1, 0.15) is 6.04 Å². The lowest BCUT2D eigenvalue weighted by atomic mass is 9.93. The summed E-state index contributed by atoms with van der Waals surface area (Å²) in [5.41, 5.74) is 3.46. The minimum absolute atomic E-state index is 0.196. The van der Waals surface area contributed by atoms with Crippen molar-refractivity contribution in [1.29, 1.82) is 0 Å². The zero-order chi connectivity index (χ0) is 14.5. The topological polar surface area (TPSA) is 38.3 Å². The first-order valence-corrected chi connectivity index (χ1v) is 7.53. The Morgan fingerprint density at radius 1 is 1.20 bits per heavy atom. The third-order valence-corrected chi connectivity index (χ3v) is 4.31. The van der Waals surface area contributed by atoms with Crippen molar-refractivity contribution in [3.8, 4) is 0 Å². The van der Waals surface area contributed by atoms with E-state index in [1.807, 2.05) is 6.07 Å². The highest BCUT2D eigenvalue weighted by Gasteiger charge is 2.25. The molecular weight excluding hydrogens is 250 g/mol. The molecule has 3 heteroatoms. The fourth-order valence-corrected chi connectivity index (χ4v) is 2.87. The Hall–Kier alpha value is -1.35. The van der Waals surface area contributed by atoms with Crippen LogP contribution in [0.4, 0.5) is 0 Å². The maximum atomic E-state index is 12.1. The Kier molecular flexibility index (Phi) is 5.18. The number of aryl methyl sites for hydroxylation is 2. The Labute approximate surface area is 121 Å². The van der Waals surface area contributed by atoms with Crippen LogP contribution in [-0.2, 0) is 9.53 Å². The van der Waals surface area contributed by atoms with Crippen molar-refractivity contribution >= 4 is 5.97 Å². The SMILES string of the molecule is COC(=O)C(NC1CCCCC1)c1ccc(C)c(C)c1. The molecule has 0 saturated heterocycles. The average molecular weight is 275 g/mol. The van der Waals surface area contributed by atoms with E-state index in [2.05, 4.69) is 31.3 Å². The number of hydrogen-bond acceptors (Lipinski definition) is 3. The molecule has 20 heavy (non-hydrogen) atoms. The van der Waals surface area contributed by atoms with E-state index in [4.69, 9.17) is 4.74 Å². The van der Waals surface area contributed by atoms with Crippen molar-refractivity contribution in [3.05, 3.63) is 34.9 Å². The van der Waals surface area contributed by atoms with Gasteiger partial charge in [0, 0.05) is 6.04 Å². The molecule has 0 aliphatic heterocycles. The molecule has 110 valence electrons. The van der Waals surface area contributed by atoms with E-state index < -0.39 is 0 Å². The molecule has 1 fully saturated rings. The van der Waals surface area contributed by atoms with Gasteiger partial charge in [0.25, 0.3) is 0 Å². The zero-order valence-corrected chi connectivity index (χ0v) is 12.7. The van der Waals surface area contributed by atoms with Crippen molar-refractivity contribution in [2.75, 3.05) is 7.11 Å². The second-order valence-corrected chi connectivity index (χ2v) is 5.80. The van der Waals surface area contributed by atoms with Crippen LogP contribution in [0.1, 0.15) is 54.8 Å². The van der Waals surface area contributed by atoms with E-state index in [-0.39, 0.29) is 12.0 Å². The van der Waals surface area contributed by atoms with Crippen LogP contribution in [0.3, 0.4) is 0 Å². The smallest absolute Gasteiger partial charge is 0.327 e. The number of carbonyl (C=O) groups excluding carboxylic acids is 1. The van der Waals surface area contributed by atoms with Crippen LogP contribution < -0.4 is 5.32 Å². The molecule has 1 saturated carbocycles. The molecule has 1 unspecified atom stereocenters. The molecule has 2 rings (SSSR count). The molecular formula is C17H25NO2. The first kappa shape index (κ1) is 15.0. The third-order valence-electron chi connectivity index (χ3n) is 4.31. The van der Waals surface area contributed by atoms with Crippen molar-refractivity contribution in [1.82, 2.24) is 5.32 Å². The van der Waals surface area contributed by atoms with Crippen molar-refractivity contribution < 1.29 is 9.53 Å². The van der Waals surface area contributed by atoms with Crippen LogP contribution in [0.25, 0.3) is 0 Å². The highest BCUT2D eigenvalue weighted by Crippen LogP contribution is 2.23. The van der Waals surface area contributed by atoms with Gasteiger partial charge in [0.2, 0.25) is 0 Å². The lowest BCUT2D eigenvalue weighted by Gasteiger charge is -2.27. The lowest BCUT2D eigenvalue weighted by molar-refractivity contribution is -0.143. The highest BCUT2D eigenvalue weighted by atomic mass is 16.5. The quantitative estimate of drug-likeness (QED) is 0.855. The van der Waals surface area contributed by atoms with E-state index in [0.29, 0.717) is 6.04 Å². The van der Waals surface area contributed by atoms with Crippen LogP contribution in [0.15, 0.2) is 18.2 Å². The number of ether oxygens (including phenoxy) is 1. The summed E-state index contributed by atoms with van der Waals surface area (Å²) >= 11 is 0. The summed E-state index contributed by atoms with van der Waals surface area (Å²) < 4.78 is 4.98. The van der Waals surface area contributed by atoms with Gasteiger partial charge in [0.05, 0.1) is 7.11 Å². The minimum atomic E-state index is -0.345. The van der Waals surface area contributed by atoms with Gasteiger partial charge in [-0.1, -0.05) is 37.5 Å². The number of nitrogens with one attached hydrogen (secondary N) is 1. The van der Waals surface area contributed by atoms with Crippen LogP contribution in [-0.4, -0.2) is 19.1 Å². The van der Waals surface area contributed by atoms with Crippen LogP contribution in [0, 0.1) is 13.8 Å². The van der Waals surface area contributed by atoms with Crippen molar-refractivity contribution in [2.24, 2.45) is 0 Å². The molecule has 0 bridgehead atoms. The third kappa shape index (κ3) is 3.60. The van der Waals surface area contributed by atoms with Gasteiger partial charge in [-0.2, -0.15) is 0 Å². The van der Waals surface area contributed by atoms with Gasteiger partial charge in [0.15, 0.2) is 0 Å². The fraction of sp³-hybridized carbons (Fsp3) is 0.588. The average Bonchev–Trinajstić information content (AvgIpc) is 2.48. The predicted octanol–water partition coefficient (Wildman–Crippen LogP) is 3.44. The van der Waals surface area contributed by atoms with Gasteiger partial charge in [-0.15, -0.1) is 0 Å². The van der Waals surface area contributed by atoms with E-state index >= 15 is 0 Å². The molecule has 1 atom stereocenters. The maximum Gasteiger partial charge on any atom is 0.327 e. The molecule has 1 aromatic rings. The number of rotatable bonds is 4. The van der Waals surface area contributed by atoms with Gasteiger partial charge < -0.3 is 4.74 Å². The first-order valence-electron chi connectivity index (χ1n) is 7.53. The predicted molar refractivity (Wildman–Crippen MR) is 80.7 cm³/mol. The summed E-state index contributed by atoms with van der Waals surface area (Å²) in [5.74, 6) is -0.196. The normalized spacial score (nSPS) is 17.8. The number of carbonyl (C=O) groups is 1. The molecule has 3 nitrogen and oxygen atoms in total. The molecule has 1 N–H and O–H groups in total. The number of hydrogen-bond donors (Lipinski definition) is 1. The first-order chi connectivity index (χ1) is 9.61. The van der Waals surface area contributed by atoms with Gasteiger partial charge >= 0.3 is 5.97 Å². The van der Waals surface area contributed by atoms with Crippen LogP contribution >= 0.6 is 0 Å². The molecule has 0 radical (unpaired) electrons. The molecule has 1 aliphatic carbocycles. The summed E-state index contributed by atoms with van der Waals surface area (Å²) in [6, 6.07) is 6.27. The monoisotopic (exact) mass is 275 g/mol. The summed E-state index contributed by atoms with van der Waals surface area (Å²) in [5, 5.41) is 3.50. The van der Waals surface area contributed by atoms with E-state index in [1.54, 1.807) is 0 Å². The number of methoxy groups -OCH3 is 1. The summed E-state index contributed by atoms with van der Waals surface area (Å²) in [7, 11) is 1.46. The summed E-state index contributed by atoms with van der Waals surface area (Å²) in [4.78, 5) is 12.1. The largest absolute Gasteiger partial charge is 0.468 e. The lowest BCUT2D eigenvalue weighted by Crippen LogP contribution is -2.38. The van der Waals surface area contributed by atoms with E-state index in [9.17, 15) is 4.79 Å². The summed E-state index contributed by atoms with van der Waals surface area (Å²) in [6.07, 6.45) is 6.11. The number of esters is 1. The zero-order valence-electron chi connectivity index (χ0n) is 12.7. The Morgan fingerprint density at radius 2 is 1.90 bits per heavy atom. The number of benzene rings is 1. The fourth-order valence-electron chi connectivity index (χ4n) is 2.87. The Bertz CT molecular complexity index is 464. The van der Waals surface area contributed by atoms with Crippen LogP contribution in [0.5, 0.6) is 0 Å². The van der Waals surface area contributed by atoms with Crippen molar-refractivity contribution in [3.63, 3.8) is 0 Å². The standard InChI is InChI=1S/C17H25NO2/c1-12-9-10-14(11-13(12)2)16(17(19)20-3)18-15-7-5-4-6-8-15/h9-11,15-16,18H,4-8H2,1-3H3. The van der Waals surface area contributed by atoms with Crippen molar-refractivity contribution in [2.45, 2.75) is 58.0 Å². The highest BCUT2D eigenvalue weighted by molar-refractivity contribution is 5.77. The van der Waals surface area contributed by atoms with Gasteiger partial charge in [-0.25, -0.2) is 4.79 Å². The second-order valence-electron chi connectivity index (χ2n) is 5.80. The molecule has 0 heterocycles. The summed E-state index contributed by atoms with van der Waals surface area (Å²) in [6.45, 7) is 4.16. The van der Waals surface area contributed by atoms with E-state index in [0.717, 1.165) is 18.4 Å². The molecule has 0 amide bonds. The van der Waals surface area contributed by atoms with Gasteiger partial charge in [-0.3, -0.25) is 5.32 Å². The molecule has 0 spiro atoms. The second kappa shape index (κ2) is 6.89. The molecule has 1 aliphatic rings. The Morgan fingerprint density at radius 3 is 2.50 bits per heavy atom. The molecule has 1 aromatic carbocycles. The van der Waals surface area contributed by atoms with Crippen LogP contribution in [0.2, 0.25) is 0 Å². The maximum absolute atomic E-state index is 12.1. The minimum Gasteiger partial charge on any atom is -0.468 e. The molecule has 0 aromatic heterocycles. The van der Waals surface area contributed by atoms with E-state index in [1.165, 1.54) is 37.5 Å².